The second kappa shape index (κ2) is 9.21. The van der Waals surface area contributed by atoms with Crippen LogP contribution in [0.4, 0.5) is 0 Å². The van der Waals surface area contributed by atoms with E-state index in [1.807, 2.05) is 18.2 Å². The lowest BCUT2D eigenvalue weighted by atomic mass is 9.73. The number of unbranched alkanes of at least 4 members (excludes halogenated alkanes) is 1. The quantitative estimate of drug-likeness (QED) is 0.528. The molecule has 0 saturated carbocycles. The fourth-order valence-electron chi connectivity index (χ4n) is 3.15. The van der Waals surface area contributed by atoms with E-state index in [9.17, 15) is 0 Å². The van der Waals surface area contributed by atoms with Crippen molar-refractivity contribution >= 4 is 7.12 Å². The van der Waals surface area contributed by atoms with Gasteiger partial charge < -0.3 is 14.0 Å². The number of hydrogen-bond acceptors (Lipinski definition) is 3. The summed E-state index contributed by atoms with van der Waals surface area (Å²) in [5.74, 6) is 0. The summed E-state index contributed by atoms with van der Waals surface area (Å²) in [6.07, 6.45) is 4.29. The van der Waals surface area contributed by atoms with Gasteiger partial charge in [0.2, 0.25) is 0 Å². The SMILES string of the molecule is CCCC/C(COCc1ccccc1)=C(/CC)B1OC(C)(C)C(C)(C)O1. The molecule has 1 aromatic carbocycles. The molecule has 2 rings (SSSR count). The topological polar surface area (TPSA) is 27.7 Å². The molecule has 0 N–H and O–H groups in total. The van der Waals surface area contributed by atoms with Crippen molar-refractivity contribution in [1.82, 2.24) is 0 Å². The van der Waals surface area contributed by atoms with Crippen molar-refractivity contribution in [3.63, 3.8) is 0 Å². The van der Waals surface area contributed by atoms with Crippen molar-refractivity contribution in [3.8, 4) is 0 Å². The molecule has 0 aliphatic carbocycles. The molecule has 0 spiro atoms. The lowest BCUT2D eigenvalue weighted by molar-refractivity contribution is 0.00578. The molecule has 4 heteroatoms. The van der Waals surface area contributed by atoms with Crippen molar-refractivity contribution in [2.75, 3.05) is 6.61 Å². The molecule has 0 bridgehead atoms. The Kier molecular flexibility index (Phi) is 7.51. The lowest BCUT2D eigenvalue weighted by Gasteiger charge is -2.32. The van der Waals surface area contributed by atoms with E-state index < -0.39 is 0 Å². The standard InChI is InChI=1S/C22H35BO3/c1-7-9-15-19(17-24-16-18-13-11-10-12-14-18)20(8-2)23-25-21(3,4)22(5,6)26-23/h10-14H,7-9,15-17H2,1-6H3/b20-19+. The van der Waals surface area contributed by atoms with Crippen LogP contribution in [0.2, 0.25) is 0 Å². The van der Waals surface area contributed by atoms with Gasteiger partial charge >= 0.3 is 7.12 Å². The molecule has 0 aromatic heterocycles. The first-order valence-electron chi connectivity index (χ1n) is 9.98. The third kappa shape index (κ3) is 5.22. The van der Waals surface area contributed by atoms with Gasteiger partial charge in [-0.25, -0.2) is 0 Å². The molecule has 0 amide bonds. The van der Waals surface area contributed by atoms with Gasteiger partial charge in [-0.1, -0.05) is 50.6 Å². The Morgan fingerprint density at radius 2 is 1.62 bits per heavy atom. The smallest absolute Gasteiger partial charge is 0.400 e. The van der Waals surface area contributed by atoms with Gasteiger partial charge in [0.05, 0.1) is 24.4 Å². The highest BCUT2D eigenvalue weighted by molar-refractivity contribution is 6.54. The first-order chi connectivity index (χ1) is 12.3. The summed E-state index contributed by atoms with van der Waals surface area (Å²) >= 11 is 0. The zero-order chi connectivity index (χ0) is 19.2. The number of hydrogen-bond donors (Lipinski definition) is 0. The van der Waals surface area contributed by atoms with E-state index in [-0.39, 0.29) is 18.3 Å². The normalized spacial score (nSPS) is 19.5. The number of rotatable bonds is 9. The average molecular weight is 358 g/mol. The summed E-state index contributed by atoms with van der Waals surface area (Å²) in [6, 6.07) is 10.3. The third-order valence-electron chi connectivity index (χ3n) is 5.59. The minimum Gasteiger partial charge on any atom is -0.400 e. The Morgan fingerprint density at radius 3 is 2.15 bits per heavy atom. The van der Waals surface area contributed by atoms with Gasteiger partial charge in [0.15, 0.2) is 0 Å². The maximum absolute atomic E-state index is 6.31. The molecule has 1 aliphatic heterocycles. The zero-order valence-corrected chi connectivity index (χ0v) is 17.4. The second-order valence-electron chi connectivity index (χ2n) is 8.15. The zero-order valence-electron chi connectivity index (χ0n) is 17.4. The van der Waals surface area contributed by atoms with Gasteiger partial charge in [0, 0.05) is 0 Å². The fourth-order valence-corrected chi connectivity index (χ4v) is 3.15. The maximum Gasteiger partial charge on any atom is 0.490 e. The van der Waals surface area contributed by atoms with Crippen LogP contribution < -0.4 is 0 Å². The van der Waals surface area contributed by atoms with Crippen molar-refractivity contribution in [3.05, 3.63) is 46.9 Å². The molecule has 0 atom stereocenters. The predicted octanol–water partition coefficient (Wildman–Crippen LogP) is 5.73. The fraction of sp³-hybridized carbons (Fsp3) is 0.636. The van der Waals surface area contributed by atoms with Crippen LogP contribution >= 0.6 is 0 Å². The number of benzene rings is 1. The Morgan fingerprint density at radius 1 is 1.00 bits per heavy atom. The van der Waals surface area contributed by atoms with Crippen LogP contribution in [0.3, 0.4) is 0 Å². The highest BCUT2D eigenvalue weighted by Gasteiger charge is 2.52. The molecular formula is C22H35BO3. The first-order valence-corrected chi connectivity index (χ1v) is 9.98. The van der Waals surface area contributed by atoms with Crippen molar-refractivity contribution in [2.45, 2.75) is 85.0 Å². The average Bonchev–Trinajstić information content (AvgIpc) is 2.81. The Balaban J connectivity index is 2.12. The van der Waals surface area contributed by atoms with E-state index in [4.69, 9.17) is 14.0 Å². The third-order valence-corrected chi connectivity index (χ3v) is 5.59. The summed E-state index contributed by atoms with van der Waals surface area (Å²) in [5.41, 5.74) is 3.18. The predicted molar refractivity (Wildman–Crippen MR) is 109 cm³/mol. The largest absolute Gasteiger partial charge is 0.490 e. The molecule has 3 nitrogen and oxygen atoms in total. The van der Waals surface area contributed by atoms with Crippen LogP contribution in [0.1, 0.15) is 72.8 Å². The molecule has 1 fully saturated rings. The van der Waals surface area contributed by atoms with Crippen LogP contribution in [-0.2, 0) is 20.7 Å². The van der Waals surface area contributed by atoms with E-state index in [0.29, 0.717) is 13.2 Å². The van der Waals surface area contributed by atoms with Crippen molar-refractivity contribution < 1.29 is 14.0 Å². The monoisotopic (exact) mass is 358 g/mol. The van der Waals surface area contributed by atoms with Gasteiger partial charge in [-0.05, 0) is 63.6 Å². The minimum absolute atomic E-state index is 0.266. The molecule has 26 heavy (non-hydrogen) atoms. The highest BCUT2D eigenvalue weighted by Crippen LogP contribution is 2.40. The molecule has 0 unspecified atom stereocenters. The Bertz CT molecular complexity index is 577. The molecular weight excluding hydrogens is 323 g/mol. The van der Waals surface area contributed by atoms with E-state index in [1.54, 1.807) is 0 Å². The molecule has 1 saturated heterocycles. The summed E-state index contributed by atoms with van der Waals surface area (Å²) in [5, 5.41) is 0. The van der Waals surface area contributed by atoms with Gasteiger partial charge in [-0.3, -0.25) is 0 Å². The molecule has 1 heterocycles. The highest BCUT2D eigenvalue weighted by atomic mass is 16.7. The van der Waals surface area contributed by atoms with Crippen LogP contribution in [0.15, 0.2) is 41.4 Å². The summed E-state index contributed by atoms with van der Waals surface area (Å²) in [7, 11) is -0.266. The number of allylic oxidation sites excluding steroid dienone is 1. The van der Waals surface area contributed by atoms with Gasteiger partial charge in [0.1, 0.15) is 0 Å². The Labute approximate surface area is 160 Å². The van der Waals surface area contributed by atoms with Gasteiger partial charge in [-0.15, -0.1) is 0 Å². The first kappa shape index (κ1) is 21.2. The molecule has 144 valence electrons. The van der Waals surface area contributed by atoms with Crippen LogP contribution in [-0.4, -0.2) is 24.9 Å². The molecule has 1 aromatic rings. The molecule has 0 radical (unpaired) electrons. The molecule has 1 aliphatic rings. The van der Waals surface area contributed by atoms with Crippen molar-refractivity contribution in [2.24, 2.45) is 0 Å². The minimum atomic E-state index is -0.307. The maximum atomic E-state index is 6.31. The summed E-state index contributed by atoms with van der Waals surface area (Å²) < 4.78 is 18.7. The van der Waals surface area contributed by atoms with Crippen LogP contribution in [0.5, 0.6) is 0 Å². The van der Waals surface area contributed by atoms with E-state index in [1.165, 1.54) is 23.0 Å². The Hall–Kier alpha value is -1.10. The van der Waals surface area contributed by atoms with E-state index >= 15 is 0 Å². The van der Waals surface area contributed by atoms with Crippen LogP contribution in [0.25, 0.3) is 0 Å². The van der Waals surface area contributed by atoms with Gasteiger partial charge in [-0.2, -0.15) is 0 Å². The second-order valence-corrected chi connectivity index (χ2v) is 8.15. The lowest BCUT2D eigenvalue weighted by Crippen LogP contribution is -2.41. The number of ether oxygens (including phenoxy) is 1. The van der Waals surface area contributed by atoms with E-state index in [2.05, 4.69) is 53.7 Å². The van der Waals surface area contributed by atoms with Crippen molar-refractivity contribution in [1.29, 1.82) is 0 Å². The summed E-state index contributed by atoms with van der Waals surface area (Å²) in [4.78, 5) is 0. The van der Waals surface area contributed by atoms with E-state index in [0.717, 1.165) is 19.3 Å². The summed E-state index contributed by atoms with van der Waals surface area (Å²) in [6.45, 7) is 14.1. The van der Waals surface area contributed by atoms with Gasteiger partial charge in [0.25, 0.3) is 0 Å². The van der Waals surface area contributed by atoms with Crippen LogP contribution in [0, 0.1) is 0 Å².